The lowest BCUT2D eigenvalue weighted by molar-refractivity contribution is -0.104. The summed E-state index contributed by atoms with van der Waals surface area (Å²) in [4.78, 5) is 23.0. The predicted octanol–water partition coefficient (Wildman–Crippen LogP) is 2.70. The third-order valence-electron chi connectivity index (χ3n) is 3.89. The van der Waals surface area contributed by atoms with Gasteiger partial charge in [-0.1, -0.05) is 12.1 Å². The van der Waals surface area contributed by atoms with Gasteiger partial charge in [0.15, 0.2) is 6.29 Å². The van der Waals surface area contributed by atoms with Crippen LogP contribution in [0.1, 0.15) is 16.1 Å². The predicted molar refractivity (Wildman–Crippen MR) is 92.1 cm³/mol. The van der Waals surface area contributed by atoms with Crippen molar-refractivity contribution in [3.63, 3.8) is 0 Å². The molecule has 5 nitrogen and oxygen atoms in total. The van der Waals surface area contributed by atoms with E-state index in [2.05, 4.69) is 0 Å². The standard InChI is InChI=1S/C19H17FN2O3/c20-15-4-1-13(2-5-15)12-25-16-6-3-14-10-22(8-7-21)19(17(14)9-16)18(24)11-23/h1-6,9-11H,7-8,12,21H2. The maximum absolute atomic E-state index is 12.9. The second kappa shape index (κ2) is 7.27. The molecular formula is C19H17FN2O3. The summed E-state index contributed by atoms with van der Waals surface area (Å²) in [5.74, 6) is -0.343. The number of nitrogens with two attached hydrogens (primary N) is 1. The third-order valence-corrected chi connectivity index (χ3v) is 3.89. The van der Waals surface area contributed by atoms with Gasteiger partial charge in [0.05, 0.1) is 0 Å². The molecule has 1 aromatic heterocycles. The fraction of sp³-hybridized carbons (Fsp3) is 0.158. The molecule has 0 saturated heterocycles. The molecule has 6 heteroatoms. The molecule has 0 saturated carbocycles. The van der Waals surface area contributed by atoms with E-state index < -0.39 is 5.78 Å². The van der Waals surface area contributed by atoms with E-state index in [1.54, 1.807) is 35.0 Å². The molecule has 3 rings (SSSR count). The minimum atomic E-state index is -0.598. The summed E-state index contributed by atoms with van der Waals surface area (Å²) in [6, 6.07) is 11.4. The van der Waals surface area contributed by atoms with E-state index in [0.717, 1.165) is 10.9 Å². The Kier molecular flexibility index (Phi) is 4.90. The second-order valence-electron chi connectivity index (χ2n) is 5.61. The fourth-order valence-corrected chi connectivity index (χ4v) is 2.72. The summed E-state index contributed by atoms with van der Waals surface area (Å²) in [5.41, 5.74) is 6.71. The molecule has 0 amide bonds. The Balaban J connectivity index is 1.91. The zero-order valence-electron chi connectivity index (χ0n) is 13.4. The molecule has 1 heterocycles. The average Bonchev–Trinajstić information content (AvgIpc) is 2.98. The molecule has 25 heavy (non-hydrogen) atoms. The van der Waals surface area contributed by atoms with E-state index in [1.165, 1.54) is 12.1 Å². The number of fused-ring (bicyclic) bond motifs is 1. The van der Waals surface area contributed by atoms with Crippen molar-refractivity contribution in [2.24, 2.45) is 5.73 Å². The van der Waals surface area contributed by atoms with Crippen LogP contribution < -0.4 is 10.5 Å². The Morgan fingerprint density at radius 1 is 1.20 bits per heavy atom. The van der Waals surface area contributed by atoms with E-state index in [-0.39, 0.29) is 12.4 Å². The number of ketones is 1. The van der Waals surface area contributed by atoms with Crippen molar-refractivity contribution in [1.29, 1.82) is 0 Å². The van der Waals surface area contributed by atoms with Crippen molar-refractivity contribution in [3.05, 3.63) is 65.7 Å². The Morgan fingerprint density at radius 3 is 2.64 bits per heavy atom. The molecule has 0 atom stereocenters. The van der Waals surface area contributed by atoms with Crippen molar-refractivity contribution < 1.29 is 18.7 Å². The Hall–Kier alpha value is -2.99. The normalized spacial score (nSPS) is 10.8. The van der Waals surface area contributed by atoms with Gasteiger partial charge in [-0.05, 0) is 35.9 Å². The number of carbonyl (C=O) groups is 2. The number of ether oxygens (including phenoxy) is 1. The number of nitrogens with zero attached hydrogens (tertiary/aromatic N) is 1. The molecule has 0 bridgehead atoms. The minimum absolute atomic E-state index is 0.270. The number of halogens is 1. The van der Waals surface area contributed by atoms with E-state index in [4.69, 9.17) is 10.5 Å². The van der Waals surface area contributed by atoms with Crippen LogP contribution in [0.3, 0.4) is 0 Å². The largest absolute Gasteiger partial charge is 0.489 e. The van der Waals surface area contributed by atoms with Crippen LogP contribution in [0.4, 0.5) is 4.39 Å². The van der Waals surface area contributed by atoms with Crippen LogP contribution in [-0.4, -0.2) is 23.2 Å². The van der Waals surface area contributed by atoms with Gasteiger partial charge in [-0.15, -0.1) is 0 Å². The molecule has 2 aromatic carbocycles. The molecule has 0 aliphatic rings. The lowest BCUT2D eigenvalue weighted by Crippen LogP contribution is -2.15. The Bertz CT molecular complexity index is 916. The average molecular weight is 340 g/mol. The summed E-state index contributed by atoms with van der Waals surface area (Å²) in [5, 5.41) is 1.47. The zero-order chi connectivity index (χ0) is 17.8. The molecule has 0 aliphatic carbocycles. The number of hydrogen-bond donors (Lipinski definition) is 1. The first-order valence-corrected chi connectivity index (χ1v) is 7.82. The maximum Gasteiger partial charge on any atom is 0.242 e. The van der Waals surface area contributed by atoms with Gasteiger partial charge in [-0.25, -0.2) is 4.39 Å². The Labute approximate surface area is 143 Å². The van der Waals surface area contributed by atoms with Gasteiger partial charge in [0.1, 0.15) is 23.9 Å². The molecule has 0 unspecified atom stereocenters. The van der Waals surface area contributed by atoms with Crippen LogP contribution in [0, 0.1) is 5.82 Å². The molecular weight excluding hydrogens is 323 g/mol. The molecule has 0 radical (unpaired) electrons. The van der Waals surface area contributed by atoms with Crippen molar-refractivity contribution in [3.8, 4) is 5.75 Å². The highest BCUT2D eigenvalue weighted by atomic mass is 19.1. The van der Waals surface area contributed by atoms with Crippen molar-refractivity contribution in [2.45, 2.75) is 13.2 Å². The summed E-state index contributed by atoms with van der Waals surface area (Å²) in [6.07, 6.45) is 2.09. The lowest BCUT2D eigenvalue weighted by atomic mass is 10.1. The molecule has 3 aromatic rings. The first kappa shape index (κ1) is 16.9. The highest BCUT2D eigenvalue weighted by Gasteiger charge is 2.16. The van der Waals surface area contributed by atoms with Crippen LogP contribution >= 0.6 is 0 Å². The number of hydrogen-bond acceptors (Lipinski definition) is 4. The van der Waals surface area contributed by atoms with Gasteiger partial charge in [-0.3, -0.25) is 9.59 Å². The van der Waals surface area contributed by atoms with Gasteiger partial charge in [0.25, 0.3) is 0 Å². The Morgan fingerprint density at radius 2 is 1.96 bits per heavy atom. The topological polar surface area (TPSA) is 74.3 Å². The number of aromatic nitrogens is 1. The van der Waals surface area contributed by atoms with E-state index in [9.17, 15) is 14.0 Å². The quantitative estimate of drug-likeness (QED) is 0.408. The second-order valence-corrected chi connectivity index (χ2v) is 5.61. The maximum atomic E-state index is 12.9. The number of benzene rings is 2. The van der Waals surface area contributed by atoms with Crippen LogP contribution in [0.15, 0.2) is 48.7 Å². The zero-order valence-corrected chi connectivity index (χ0v) is 13.4. The van der Waals surface area contributed by atoms with Crippen molar-refractivity contribution >= 4 is 22.8 Å². The van der Waals surface area contributed by atoms with Gasteiger partial charge < -0.3 is 15.0 Å². The smallest absolute Gasteiger partial charge is 0.242 e. The van der Waals surface area contributed by atoms with Gasteiger partial charge in [0, 0.05) is 30.1 Å². The first-order chi connectivity index (χ1) is 12.1. The number of rotatable bonds is 7. The number of aldehydes is 1. The molecule has 0 aliphatic heterocycles. The fourth-order valence-electron chi connectivity index (χ4n) is 2.72. The number of carbonyl (C=O) groups excluding carboxylic acids is 2. The van der Waals surface area contributed by atoms with Crippen molar-refractivity contribution in [1.82, 2.24) is 4.57 Å². The summed E-state index contributed by atoms with van der Waals surface area (Å²) < 4.78 is 20.3. The molecule has 0 fully saturated rings. The highest BCUT2D eigenvalue weighted by molar-refractivity contribution is 6.35. The van der Waals surface area contributed by atoms with E-state index >= 15 is 0 Å². The minimum Gasteiger partial charge on any atom is -0.489 e. The number of Topliss-reactive ketones (excluding diaryl/α,β-unsaturated/α-hetero) is 1. The van der Waals surface area contributed by atoms with Gasteiger partial charge in [-0.2, -0.15) is 0 Å². The summed E-state index contributed by atoms with van der Waals surface area (Å²) in [7, 11) is 0. The van der Waals surface area contributed by atoms with Crippen LogP contribution in [0.2, 0.25) is 0 Å². The van der Waals surface area contributed by atoms with E-state index in [1.807, 2.05) is 6.07 Å². The van der Waals surface area contributed by atoms with E-state index in [0.29, 0.717) is 36.2 Å². The highest BCUT2D eigenvalue weighted by Crippen LogP contribution is 2.27. The van der Waals surface area contributed by atoms with Crippen LogP contribution in [0.25, 0.3) is 10.8 Å². The van der Waals surface area contributed by atoms with Gasteiger partial charge in [0.2, 0.25) is 5.78 Å². The molecule has 128 valence electrons. The SMILES string of the molecule is NCCn1cc2ccc(OCc3ccc(F)cc3)cc2c1C(=O)C=O. The summed E-state index contributed by atoms with van der Waals surface area (Å²) >= 11 is 0. The molecule has 2 N–H and O–H groups in total. The monoisotopic (exact) mass is 340 g/mol. The van der Waals surface area contributed by atoms with Crippen LogP contribution in [-0.2, 0) is 17.9 Å². The first-order valence-electron chi connectivity index (χ1n) is 7.82. The van der Waals surface area contributed by atoms with Gasteiger partial charge >= 0.3 is 0 Å². The summed E-state index contributed by atoms with van der Waals surface area (Å²) in [6.45, 7) is 1.07. The van der Waals surface area contributed by atoms with Crippen LogP contribution in [0.5, 0.6) is 5.75 Å². The third kappa shape index (κ3) is 3.59. The molecule has 0 spiro atoms. The van der Waals surface area contributed by atoms with Crippen molar-refractivity contribution in [2.75, 3.05) is 6.54 Å². The lowest BCUT2D eigenvalue weighted by Gasteiger charge is -2.07.